The monoisotopic (exact) mass is 539 g/mol. The van der Waals surface area contributed by atoms with Gasteiger partial charge in [-0.25, -0.2) is 14.8 Å². The lowest BCUT2D eigenvalue weighted by atomic mass is 10.0. The largest absolute Gasteiger partial charge is 0.486 e. The molecular weight excluding hydrogens is 522 g/mol. The highest BCUT2D eigenvalue weighted by atomic mass is 79.9. The van der Waals surface area contributed by atoms with E-state index in [0.717, 1.165) is 32.8 Å². The molecule has 172 valence electrons. The number of anilines is 2. The Morgan fingerprint density at radius 3 is 2.91 bits per heavy atom. The first-order valence-electron chi connectivity index (χ1n) is 10.3. The highest BCUT2D eigenvalue weighted by Gasteiger charge is 2.17. The lowest BCUT2D eigenvalue weighted by Gasteiger charge is -2.19. The number of benzene rings is 2. The van der Waals surface area contributed by atoms with Gasteiger partial charge in [0.25, 0.3) is 0 Å². The first-order chi connectivity index (χ1) is 16.5. The number of carboxylic acid groups (broad SMARTS) is 1. The van der Waals surface area contributed by atoms with E-state index in [-0.39, 0.29) is 0 Å². The number of carbonyl (C=O) groups is 1. The van der Waals surface area contributed by atoms with Crippen LogP contribution in [0.1, 0.15) is 12.6 Å². The Labute approximate surface area is 206 Å². The average molecular weight is 540 g/mol. The fourth-order valence-corrected chi connectivity index (χ4v) is 4.56. The molecular formula is C23H18BrN5O4S. The molecule has 0 spiro atoms. The van der Waals surface area contributed by atoms with E-state index in [0.29, 0.717) is 35.1 Å². The zero-order valence-electron chi connectivity index (χ0n) is 17.9. The Balaban J connectivity index is 1.45. The number of nitrogens with zero attached hydrogens (tertiary/aromatic N) is 4. The molecule has 3 heterocycles. The number of hydrogen-bond donors (Lipinski definition) is 2. The van der Waals surface area contributed by atoms with Crippen LogP contribution in [0.5, 0.6) is 11.5 Å². The van der Waals surface area contributed by atoms with Crippen LogP contribution in [0, 0.1) is 0 Å². The lowest BCUT2D eigenvalue weighted by molar-refractivity contribution is -0.137. The van der Waals surface area contributed by atoms with Gasteiger partial charge in [-0.3, -0.25) is 4.99 Å². The van der Waals surface area contributed by atoms with Crippen molar-refractivity contribution < 1.29 is 19.4 Å². The maximum Gasteiger partial charge on any atom is 0.328 e. The molecule has 34 heavy (non-hydrogen) atoms. The van der Waals surface area contributed by atoms with E-state index >= 15 is 0 Å². The second-order valence-electron chi connectivity index (χ2n) is 7.42. The van der Waals surface area contributed by atoms with E-state index in [2.05, 4.69) is 40.6 Å². The molecule has 2 aromatic heterocycles. The van der Waals surface area contributed by atoms with Gasteiger partial charge in [0.15, 0.2) is 22.1 Å². The topological polar surface area (TPSA) is 119 Å². The van der Waals surface area contributed by atoms with Gasteiger partial charge in [0.05, 0.1) is 11.9 Å². The van der Waals surface area contributed by atoms with Crippen LogP contribution in [0.3, 0.4) is 0 Å². The predicted octanol–water partition coefficient (Wildman–Crippen LogP) is 4.92. The summed E-state index contributed by atoms with van der Waals surface area (Å²) in [5.74, 6) is 1.01. The number of ether oxygens (including phenoxy) is 2. The summed E-state index contributed by atoms with van der Waals surface area (Å²) in [6, 6.07) is 10.9. The van der Waals surface area contributed by atoms with Crippen LogP contribution in [0.15, 0.2) is 52.1 Å². The number of aromatic nitrogens is 3. The SMILES string of the molecule is C[C@H](N=Cc1cnc2snc(Nc3cccc(-c4ccc5c(c4)OCCO5)c3Br)c2n1)C(=O)O. The number of carboxylic acids is 1. The summed E-state index contributed by atoms with van der Waals surface area (Å²) in [5.41, 5.74) is 3.79. The Bertz CT molecular complexity index is 1420. The molecule has 0 aliphatic carbocycles. The summed E-state index contributed by atoms with van der Waals surface area (Å²) >= 11 is 4.94. The lowest BCUT2D eigenvalue weighted by Crippen LogP contribution is -2.15. The maximum atomic E-state index is 11.0. The van der Waals surface area contributed by atoms with Gasteiger partial charge in [-0.2, -0.15) is 4.37 Å². The zero-order valence-corrected chi connectivity index (χ0v) is 20.3. The van der Waals surface area contributed by atoms with Crippen LogP contribution in [0.25, 0.3) is 21.5 Å². The molecule has 0 radical (unpaired) electrons. The number of aliphatic carboxylic acids is 1. The van der Waals surface area contributed by atoms with E-state index in [4.69, 9.17) is 14.6 Å². The second-order valence-corrected chi connectivity index (χ2v) is 8.97. The molecule has 0 amide bonds. The standard InChI is InChI=1S/C23H18BrN5O4S/c1-12(23(30)31)25-10-14-11-26-22-20(27-14)21(29-34-22)28-16-4-2-3-15(19(16)24)13-5-6-17-18(9-13)33-8-7-32-17/h2-6,9-12H,7-8H2,1H3,(H,28,29)(H,30,31)/t12-/m0/s1. The summed E-state index contributed by atoms with van der Waals surface area (Å²) in [7, 11) is 0. The Morgan fingerprint density at radius 2 is 2.09 bits per heavy atom. The van der Waals surface area contributed by atoms with Crippen molar-refractivity contribution in [1.29, 1.82) is 0 Å². The van der Waals surface area contributed by atoms with Crippen LogP contribution >= 0.6 is 27.5 Å². The number of rotatable bonds is 6. The summed E-state index contributed by atoms with van der Waals surface area (Å²) < 4.78 is 16.7. The minimum Gasteiger partial charge on any atom is -0.486 e. The van der Waals surface area contributed by atoms with Crippen LogP contribution in [0.4, 0.5) is 11.5 Å². The highest BCUT2D eigenvalue weighted by Crippen LogP contribution is 2.40. The van der Waals surface area contributed by atoms with E-state index in [1.54, 1.807) is 6.20 Å². The van der Waals surface area contributed by atoms with Crippen molar-refractivity contribution >= 4 is 61.5 Å². The highest BCUT2D eigenvalue weighted by molar-refractivity contribution is 9.10. The van der Waals surface area contributed by atoms with Gasteiger partial charge in [0.2, 0.25) is 0 Å². The van der Waals surface area contributed by atoms with E-state index in [1.165, 1.54) is 24.7 Å². The van der Waals surface area contributed by atoms with Crippen molar-refractivity contribution in [3.05, 3.63) is 52.8 Å². The fourth-order valence-electron chi connectivity index (χ4n) is 3.33. The summed E-state index contributed by atoms with van der Waals surface area (Å²) in [6.45, 7) is 2.57. The van der Waals surface area contributed by atoms with Crippen LogP contribution < -0.4 is 14.8 Å². The Hall–Kier alpha value is -3.57. The fraction of sp³-hybridized carbons (Fsp3) is 0.174. The first-order valence-corrected chi connectivity index (χ1v) is 11.9. The van der Waals surface area contributed by atoms with Crippen LogP contribution in [0.2, 0.25) is 0 Å². The zero-order chi connectivity index (χ0) is 23.7. The van der Waals surface area contributed by atoms with Crippen molar-refractivity contribution in [3.8, 4) is 22.6 Å². The summed E-state index contributed by atoms with van der Waals surface area (Å²) in [6.07, 6.45) is 2.95. The molecule has 5 rings (SSSR count). The average Bonchev–Trinajstić information content (AvgIpc) is 3.25. The molecule has 2 aromatic carbocycles. The van der Waals surface area contributed by atoms with Crippen LogP contribution in [-0.2, 0) is 4.79 Å². The molecule has 1 aliphatic rings. The Kier molecular flexibility index (Phi) is 6.12. The normalized spacial score (nSPS) is 13.8. The predicted molar refractivity (Wildman–Crippen MR) is 134 cm³/mol. The third-order valence-electron chi connectivity index (χ3n) is 5.10. The molecule has 0 bridgehead atoms. The van der Waals surface area contributed by atoms with E-state index < -0.39 is 12.0 Å². The van der Waals surface area contributed by atoms with Crippen molar-refractivity contribution in [1.82, 2.24) is 14.3 Å². The molecule has 1 aliphatic heterocycles. The first kappa shape index (κ1) is 22.2. The summed E-state index contributed by atoms with van der Waals surface area (Å²) in [5, 5.41) is 12.3. The quantitative estimate of drug-likeness (QED) is 0.331. The third-order valence-corrected chi connectivity index (χ3v) is 6.70. The van der Waals surface area contributed by atoms with Gasteiger partial charge in [-0.15, -0.1) is 0 Å². The molecule has 1 atom stereocenters. The second kappa shape index (κ2) is 9.35. The van der Waals surface area contributed by atoms with Gasteiger partial charge in [0, 0.05) is 10.7 Å². The van der Waals surface area contributed by atoms with Crippen molar-refractivity contribution in [2.45, 2.75) is 13.0 Å². The Morgan fingerprint density at radius 1 is 1.26 bits per heavy atom. The number of halogens is 1. The molecule has 4 aromatic rings. The smallest absolute Gasteiger partial charge is 0.328 e. The maximum absolute atomic E-state index is 11.0. The van der Waals surface area contributed by atoms with Crippen molar-refractivity contribution in [2.75, 3.05) is 18.5 Å². The van der Waals surface area contributed by atoms with Crippen LogP contribution in [-0.4, -0.2) is 50.9 Å². The molecule has 0 fully saturated rings. The van der Waals surface area contributed by atoms with Gasteiger partial charge < -0.3 is 19.9 Å². The molecule has 11 heteroatoms. The molecule has 0 unspecified atom stereocenters. The number of aliphatic imine (C=N–C) groups is 1. The van der Waals surface area contributed by atoms with Crippen molar-refractivity contribution in [3.63, 3.8) is 0 Å². The van der Waals surface area contributed by atoms with Gasteiger partial charge in [0.1, 0.15) is 30.5 Å². The number of nitrogens with one attached hydrogen (secondary N) is 1. The minimum absolute atomic E-state index is 0.452. The minimum atomic E-state index is -1.01. The molecule has 0 saturated heterocycles. The van der Waals surface area contributed by atoms with Crippen molar-refractivity contribution in [2.24, 2.45) is 4.99 Å². The van der Waals surface area contributed by atoms with E-state index in [9.17, 15) is 4.79 Å². The number of hydrogen-bond acceptors (Lipinski definition) is 9. The van der Waals surface area contributed by atoms with E-state index in [1.807, 2.05) is 36.4 Å². The summed E-state index contributed by atoms with van der Waals surface area (Å²) in [4.78, 5) is 24.6. The van der Waals surface area contributed by atoms with Gasteiger partial charge in [-0.05, 0) is 63.7 Å². The molecule has 9 nitrogen and oxygen atoms in total. The third kappa shape index (κ3) is 4.44. The molecule has 0 saturated carbocycles. The molecule has 2 N–H and O–H groups in total. The number of fused-ring (bicyclic) bond motifs is 2. The van der Waals surface area contributed by atoms with Gasteiger partial charge in [-0.1, -0.05) is 18.2 Å². The van der Waals surface area contributed by atoms with Gasteiger partial charge >= 0.3 is 5.97 Å².